The van der Waals surface area contributed by atoms with Gasteiger partial charge < -0.3 is 9.47 Å². The summed E-state index contributed by atoms with van der Waals surface area (Å²) in [5, 5.41) is 2.16. The van der Waals surface area contributed by atoms with Crippen LogP contribution < -0.4 is 9.47 Å². The van der Waals surface area contributed by atoms with E-state index >= 15 is 0 Å². The van der Waals surface area contributed by atoms with E-state index in [1.165, 1.54) is 55.6 Å². The summed E-state index contributed by atoms with van der Waals surface area (Å²) >= 11 is 5.98. The molecule has 2 aliphatic rings. The molecule has 0 bridgehead atoms. The zero-order valence-electron chi connectivity index (χ0n) is 22.9. The van der Waals surface area contributed by atoms with E-state index in [0.717, 1.165) is 15.6 Å². The zero-order valence-corrected chi connectivity index (χ0v) is 23.7. The number of halogens is 1. The van der Waals surface area contributed by atoms with Crippen LogP contribution in [0.2, 0.25) is 5.02 Å². The van der Waals surface area contributed by atoms with Crippen LogP contribution in [0.1, 0.15) is 50.8 Å². The first-order chi connectivity index (χ1) is 20.2. The van der Waals surface area contributed by atoms with Gasteiger partial charge in [0.25, 0.3) is 17.7 Å². The number of Topliss-reactive ketones (excluding diaryl/α,β-unsaturated/α-hetero) is 1. The Morgan fingerprint density at radius 1 is 0.881 bits per heavy atom. The highest BCUT2D eigenvalue weighted by Gasteiger charge is 2.51. The maximum absolute atomic E-state index is 13.6. The van der Waals surface area contributed by atoms with E-state index in [1.807, 2.05) is 13.0 Å². The fourth-order valence-corrected chi connectivity index (χ4v) is 5.21. The van der Waals surface area contributed by atoms with Crippen LogP contribution >= 0.6 is 11.6 Å². The van der Waals surface area contributed by atoms with Gasteiger partial charge in [-0.3, -0.25) is 19.2 Å². The average molecular weight is 587 g/mol. The van der Waals surface area contributed by atoms with Crippen LogP contribution in [-0.2, 0) is 9.59 Å². The Morgan fingerprint density at radius 2 is 1.55 bits per heavy atom. The minimum Gasteiger partial charge on any atom is -0.497 e. The van der Waals surface area contributed by atoms with E-state index in [2.05, 4.69) is 0 Å². The summed E-state index contributed by atoms with van der Waals surface area (Å²) in [7, 11) is 1.49. The van der Waals surface area contributed by atoms with E-state index in [9.17, 15) is 24.0 Å². The number of ketones is 1. The quantitative estimate of drug-likeness (QED) is 0.118. The lowest BCUT2D eigenvalue weighted by molar-refractivity contribution is -0.154. The first-order valence-corrected chi connectivity index (χ1v) is 13.6. The topological polar surface area (TPSA) is 110 Å². The van der Waals surface area contributed by atoms with Crippen LogP contribution in [0.15, 0.2) is 84.4 Å². The van der Waals surface area contributed by atoms with Gasteiger partial charge >= 0.3 is 5.97 Å². The van der Waals surface area contributed by atoms with Crippen molar-refractivity contribution in [2.45, 2.75) is 19.8 Å². The number of carbonyl (C=O) groups excluding carboxylic acids is 5. The van der Waals surface area contributed by atoms with Crippen LogP contribution in [0.25, 0.3) is 0 Å². The number of hydrazine groups is 1. The normalized spacial score (nSPS) is 17.8. The highest BCUT2D eigenvalue weighted by atomic mass is 35.5. The second-order valence-corrected chi connectivity index (χ2v) is 10.6. The van der Waals surface area contributed by atoms with Crippen molar-refractivity contribution in [2.75, 3.05) is 13.7 Å². The number of nitrogens with zero attached hydrogens (tertiary/aromatic N) is 2. The molecule has 5 rings (SSSR count). The first kappa shape index (κ1) is 28.8. The lowest BCUT2D eigenvalue weighted by atomic mass is 9.82. The molecule has 0 N–H and O–H groups in total. The Balaban J connectivity index is 1.36. The molecule has 0 unspecified atom stereocenters. The molecule has 1 aliphatic heterocycles. The average Bonchev–Trinajstić information content (AvgIpc) is 3.24. The number of hydrogen-bond donors (Lipinski definition) is 0. The summed E-state index contributed by atoms with van der Waals surface area (Å²) in [6, 6.07) is 18.3. The number of carbonyl (C=O) groups is 5. The molecular weight excluding hydrogens is 560 g/mol. The molecule has 2 atom stereocenters. The zero-order chi connectivity index (χ0) is 30.0. The van der Waals surface area contributed by atoms with Gasteiger partial charge in [0, 0.05) is 16.1 Å². The molecule has 3 aromatic carbocycles. The number of rotatable bonds is 8. The molecule has 1 heterocycles. The van der Waals surface area contributed by atoms with Crippen molar-refractivity contribution < 1.29 is 33.4 Å². The van der Waals surface area contributed by atoms with Crippen molar-refractivity contribution in [1.29, 1.82) is 0 Å². The molecule has 0 saturated carbocycles. The molecule has 42 heavy (non-hydrogen) atoms. The second-order valence-electron chi connectivity index (χ2n) is 10.1. The number of amides is 3. The fraction of sp³-hybridized carbons (Fsp3) is 0.219. The summed E-state index contributed by atoms with van der Waals surface area (Å²) in [5.41, 5.74) is 1.64. The Bertz CT molecular complexity index is 1600. The molecular formula is C32H27ClN2O7. The van der Waals surface area contributed by atoms with Gasteiger partial charge in [0.1, 0.15) is 18.0 Å². The molecule has 3 amide bonds. The number of methoxy groups -OCH3 is 1. The maximum atomic E-state index is 13.6. The lowest BCUT2D eigenvalue weighted by Gasteiger charge is -2.30. The molecule has 214 valence electrons. The summed E-state index contributed by atoms with van der Waals surface area (Å²) in [6.07, 6.45) is 2.73. The number of hydrogen-bond acceptors (Lipinski definition) is 7. The van der Waals surface area contributed by atoms with Crippen molar-refractivity contribution in [3.63, 3.8) is 0 Å². The second kappa shape index (κ2) is 12.0. The van der Waals surface area contributed by atoms with Crippen LogP contribution in [-0.4, -0.2) is 53.1 Å². The van der Waals surface area contributed by atoms with E-state index in [1.54, 1.807) is 24.3 Å². The highest BCUT2D eigenvalue weighted by molar-refractivity contribution is 6.30. The predicted molar refractivity (Wildman–Crippen MR) is 153 cm³/mol. The standard InChI is InChI=1S/C32H27ClN2O7/c1-19-6-15-26-27(16-19)31(39)35(30(26)38)34(29(37)21-7-11-23(33)12-8-21)18-28(36)20-9-13-24(14-10-20)42-32(40)22-4-3-5-25(17-22)41-2/h3-14,17,26-27H,15-16,18H2,1-2H3/t26-,27+/m1/s1. The van der Waals surface area contributed by atoms with Crippen molar-refractivity contribution in [3.8, 4) is 11.5 Å². The van der Waals surface area contributed by atoms with Crippen molar-refractivity contribution in [2.24, 2.45) is 11.8 Å². The molecule has 0 aromatic heterocycles. The number of allylic oxidation sites excluding steroid dienone is 2. The van der Waals surface area contributed by atoms with Gasteiger partial charge in [0.2, 0.25) is 0 Å². The van der Waals surface area contributed by atoms with Crippen molar-refractivity contribution in [3.05, 3.63) is 106 Å². The minimum atomic E-state index is -0.686. The summed E-state index contributed by atoms with van der Waals surface area (Å²) in [4.78, 5) is 66.4. The van der Waals surface area contributed by atoms with Gasteiger partial charge in [-0.25, -0.2) is 9.80 Å². The van der Waals surface area contributed by atoms with Gasteiger partial charge in [0.05, 0.1) is 24.5 Å². The molecule has 1 fully saturated rings. The molecule has 10 heteroatoms. The SMILES string of the molecule is COc1cccc(C(=O)Oc2ccc(C(=O)CN(C(=O)c3ccc(Cl)cc3)N3C(=O)[C@H]4CC(C)=CC[C@H]4C3=O)cc2)c1. The van der Waals surface area contributed by atoms with E-state index in [-0.39, 0.29) is 22.4 Å². The van der Waals surface area contributed by atoms with Crippen molar-refractivity contribution in [1.82, 2.24) is 10.0 Å². The Labute approximate surface area is 247 Å². The number of benzene rings is 3. The molecule has 1 saturated heterocycles. The summed E-state index contributed by atoms with van der Waals surface area (Å²) in [5.74, 6) is -3.30. The van der Waals surface area contributed by atoms with E-state index in [4.69, 9.17) is 21.1 Å². The maximum Gasteiger partial charge on any atom is 0.343 e. The van der Waals surface area contributed by atoms with E-state index in [0.29, 0.717) is 23.6 Å². The van der Waals surface area contributed by atoms with Crippen LogP contribution in [0.3, 0.4) is 0 Å². The molecule has 0 spiro atoms. The number of ether oxygens (including phenoxy) is 2. The number of esters is 1. The highest BCUT2D eigenvalue weighted by Crippen LogP contribution is 2.38. The van der Waals surface area contributed by atoms with E-state index < -0.39 is 47.9 Å². The summed E-state index contributed by atoms with van der Waals surface area (Å²) < 4.78 is 10.5. The van der Waals surface area contributed by atoms with Gasteiger partial charge in [-0.15, -0.1) is 0 Å². The van der Waals surface area contributed by atoms with Gasteiger partial charge in [-0.05, 0) is 86.5 Å². The Kier molecular flexibility index (Phi) is 8.22. The fourth-order valence-electron chi connectivity index (χ4n) is 5.08. The predicted octanol–water partition coefficient (Wildman–Crippen LogP) is 5.15. The summed E-state index contributed by atoms with van der Waals surface area (Å²) in [6.45, 7) is 1.34. The van der Waals surface area contributed by atoms with Crippen molar-refractivity contribution >= 4 is 41.1 Å². The monoisotopic (exact) mass is 586 g/mol. The van der Waals surface area contributed by atoms with Crippen LogP contribution in [0.4, 0.5) is 0 Å². The van der Waals surface area contributed by atoms with Gasteiger partial charge in [-0.1, -0.05) is 29.3 Å². The molecule has 0 radical (unpaired) electrons. The number of imide groups is 1. The smallest absolute Gasteiger partial charge is 0.343 e. The molecule has 3 aromatic rings. The molecule has 1 aliphatic carbocycles. The van der Waals surface area contributed by atoms with Crippen LogP contribution in [0, 0.1) is 11.8 Å². The van der Waals surface area contributed by atoms with Gasteiger partial charge in [-0.2, -0.15) is 5.01 Å². The lowest BCUT2D eigenvalue weighted by Crippen LogP contribution is -2.52. The number of fused-ring (bicyclic) bond motifs is 1. The van der Waals surface area contributed by atoms with Gasteiger partial charge in [0.15, 0.2) is 5.78 Å². The largest absolute Gasteiger partial charge is 0.497 e. The first-order valence-electron chi connectivity index (χ1n) is 13.3. The Hall–Kier alpha value is -4.76. The third-order valence-electron chi connectivity index (χ3n) is 7.35. The van der Waals surface area contributed by atoms with Crippen LogP contribution in [0.5, 0.6) is 11.5 Å². The Morgan fingerprint density at radius 3 is 2.24 bits per heavy atom. The minimum absolute atomic E-state index is 0.164. The third-order valence-corrected chi connectivity index (χ3v) is 7.60. The third kappa shape index (κ3) is 5.82. The molecule has 9 nitrogen and oxygen atoms in total.